The topological polar surface area (TPSA) is 114 Å². The summed E-state index contributed by atoms with van der Waals surface area (Å²) in [6, 6.07) is 5.26. The molecule has 158 valence electrons. The molecule has 3 heterocycles. The summed E-state index contributed by atoms with van der Waals surface area (Å²) in [5.74, 6) is 0.791. The first-order chi connectivity index (χ1) is 14.4. The second-order valence-corrected chi connectivity index (χ2v) is 8.48. The van der Waals surface area contributed by atoms with Gasteiger partial charge in [-0.2, -0.15) is 15.0 Å². The number of aliphatic imine (C=N–C) groups is 2. The molecule has 2 fully saturated rings. The van der Waals surface area contributed by atoms with E-state index in [-0.39, 0.29) is 23.4 Å². The zero-order valence-corrected chi connectivity index (χ0v) is 17.8. The molecule has 1 aromatic carbocycles. The zero-order valence-electron chi connectivity index (χ0n) is 17.0. The fourth-order valence-corrected chi connectivity index (χ4v) is 5.03. The van der Waals surface area contributed by atoms with Gasteiger partial charge in [-0.15, -0.1) is 0 Å². The molecule has 0 spiro atoms. The molecule has 10 heteroatoms. The van der Waals surface area contributed by atoms with Gasteiger partial charge in [0.2, 0.25) is 0 Å². The molecule has 2 saturated heterocycles. The number of benzene rings is 1. The van der Waals surface area contributed by atoms with Gasteiger partial charge >= 0.3 is 6.03 Å². The second-order valence-electron chi connectivity index (χ2n) is 8.07. The van der Waals surface area contributed by atoms with Crippen molar-refractivity contribution in [3.63, 3.8) is 0 Å². The third-order valence-electron chi connectivity index (χ3n) is 5.82. The van der Waals surface area contributed by atoms with Gasteiger partial charge < -0.3 is 16.0 Å². The van der Waals surface area contributed by atoms with Crippen molar-refractivity contribution in [2.75, 3.05) is 12.4 Å². The summed E-state index contributed by atoms with van der Waals surface area (Å²) in [6.07, 6.45) is 7.58. The molecule has 1 aromatic heterocycles. The van der Waals surface area contributed by atoms with E-state index in [4.69, 9.17) is 17.3 Å². The number of aromatic nitrogens is 3. The highest BCUT2D eigenvalue weighted by atomic mass is 35.5. The minimum Gasteiger partial charge on any atom is -0.383 e. The highest BCUT2D eigenvalue weighted by Gasteiger charge is 2.58. The van der Waals surface area contributed by atoms with Gasteiger partial charge in [0.25, 0.3) is 0 Å². The predicted octanol–water partition coefficient (Wildman–Crippen LogP) is 2.77. The van der Waals surface area contributed by atoms with E-state index in [1.54, 1.807) is 42.4 Å². The molecule has 0 radical (unpaired) electrons. The van der Waals surface area contributed by atoms with Crippen molar-refractivity contribution in [1.29, 1.82) is 0 Å². The third kappa shape index (κ3) is 3.77. The number of halogens is 1. The molecular formula is C20H25ClN8O. The van der Waals surface area contributed by atoms with E-state index in [2.05, 4.69) is 32.4 Å². The van der Waals surface area contributed by atoms with Gasteiger partial charge in [-0.1, -0.05) is 18.5 Å². The Morgan fingerprint density at radius 3 is 2.90 bits per heavy atom. The number of carbonyl (C=O) groups is 1. The van der Waals surface area contributed by atoms with Crippen LogP contribution in [0.5, 0.6) is 0 Å². The molecular weight excluding hydrogens is 404 g/mol. The Morgan fingerprint density at radius 2 is 2.17 bits per heavy atom. The van der Waals surface area contributed by atoms with Crippen LogP contribution in [0.25, 0.3) is 0 Å². The van der Waals surface area contributed by atoms with Gasteiger partial charge in [-0.25, -0.2) is 9.79 Å². The van der Waals surface area contributed by atoms with Crippen molar-refractivity contribution in [3.8, 4) is 0 Å². The van der Waals surface area contributed by atoms with E-state index < -0.39 is 0 Å². The summed E-state index contributed by atoms with van der Waals surface area (Å²) >= 11 is 6.26. The van der Waals surface area contributed by atoms with Crippen molar-refractivity contribution in [2.24, 2.45) is 21.6 Å². The van der Waals surface area contributed by atoms with Crippen LogP contribution in [0.4, 0.5) is 10.5 Å². The molecule has 4 rings (SSSR count). The molecule has 2 aliphatic rings. The van der Waals surface area contributed by atoms with Crippen LogP contribution in [0.2, 0.25) is 5.02 Å². The first-order valence-corrected chi connectivity index (χ1v) is 10.3. The third-order valence-corrected chi connectivity index (χ3v) is 6.15. The molecule has 2 aromatic rings. The van der Waals surface area contributed by atoms with Gasteiger partial charge in [0.05, 0.1) is 29.5 Å². The standard InChI is InChI=1S/C20H25ClN8O/c1-13-7-15-10-20(9-13,11-28-25-5-6-26-28)29(15)19(30)27-14-3-4-17(21)16(8-14)18(22)24-12-23-2/h3-6,8,12-13,15H,7,9-11H2,1-2H3,(H,27,30)(H2,22,23,24)/t13-,15-,20+/m1/s1. The number of amidine groups is 1. The number of carbonyl (C=O) groups excluding carboxylic acids is 1. The zero-order chi connectivity index (χ0) is 21.3. The molecule has 2 amide bonds. The lowest BCUT2D eigenvalue weighted by atomic mass is 9.64. The summed E-state index contributed by atoms with van der Waals surface area (Å²) < 4.78 is 0. The first kappa shape index (κ1) is 20.3. The van der Waals surface area contributed by atoms with Crippen LogP contribution >= 0.6 is 11.6 Å². The summed E-state index contributed by atoms with van der Waals surface area (Å²) in [5, 5.41) is 11.9. The molecule has 0 aliphatic carbocycles. The van der Waals surface area contributed by atoms with Crippen molar-refractivity contribution in [2.45, 2.75) is 44.3 Å². The van der Waals surface area contributed by atoms with Gasteiger partial charge in [-0.3, -0.25) is 4.99 Å². The molecule has 0 unspecified atom stereocenters. The lowest BCUT2D eigenvalue weighted by Crippen LogP contribution is -2.73. The number of nitrogens with two attached hydrogens (primary N) is 1. The van der Waals surface area contributed by atoms with Crippen molar-refractivity contribution < 1.29 is 4.79 Å². The fraction of sp³-hybridized carbons (Fsp3) is 0.450. The number of amides is 2. The van der Waals surface area contributed by atoms with E-state index in [9.17, 15) is 4.79 Å². The Morgan fingerprint density at radius 1 is 1.40 bits per heavy atom. The number of hydrogen-bond donors (Lipinski definition) is 2. The van der Waals surface area contributed by atoms with Crippen LogP contribution in [0.1, 0.15) is 31.7 Å². The number of anilines is 1. The summed E-state index contributed by atoms with van der Waals surface area (Å²) in [5.41, 5.74) is 6.89. The van der Waals surface area contributed by atoms with E-state index in [0.29, 0.717) is 28.7 Å². The molecule has 30 heavy (non-hydrogen) atoms. The number of piperidine rings is 1. The maximum atomic E-state index is 13.2. The van der Waals surface area contributed by atoms with Gasteiger partial charge in [0, 0.05) is 24.3 Å². The lowest BCUT2D eigenvalue weighted by molar-refractivity contribution is -0.102. The quantitative estimate of drug-likeness (QED) is 0.562. The highest BCUT2D eigenvalue weighted by molar-refractivity contribution is 6.34. The molecule has 2 aliphatic heterocycles. The number of nitrogens with zero attached hydrogens (tertiary/aromatic N) is 6. The highest BCUT2D eigenvalue weighted by Crippen LogP contribution is 2.50. The number of hydrogen-bond acceptors (Lipinski definition) is 4. The maximum Gasteiger partial charge on any atom is 0.322 e. The largest absolute Gasteiger partial charge is 0.383 e. The summed E-state index contributed by atoms with van der Waals surface area (Å²) in [6.45, 7) is 2.83. The molecule has 9 nitrogen and oxygen atoms in total. The maximum absolute atomic E-state index is 13.2. The average molecular weight is 429 g/mol. The molecule has 0 saturated carbocycles. The Bertz CT molecular complexity index is 989. The van der Waals surface area contributed by atoms with Crippen LogP contribution in [-0.4, -0.2) is 56.7 Å². The van der Waals surface area contributed by atoms with Crippen molar-refractivity contribution in [3.05, 3.63) is 41.2 Å². The van der Waals surface area contributed by atoms with E-state index >= 15 is 0 Å². The summed E-state index contributed by atoms with van der Waals surface area (Å²) in [4.78, 5) is 24.7. The average Bonchev–Trinajstić information content (AvgIpc) is 3.19. The Labute approximate surface area is 180 Å². The van der Waals surface area contributed by atoms with Crippen LogP contribution < -0.4 is 11.1 Å². The Kier molecular flexibility index (Phi) is 5.46. The molecule has 2 bridgehead atoms. The minimum absolute atomic E-state index is 0.135. The van der Waals surface area contributed by atoms with E-state index in [0.717, 1.165) is 19.3 Å². The lowest BCUT2D eigenvalue weighted by Gasteiger charge is -2.63. The molecule has 3 atom stereocenters. The molecule has 3 N–H and O–H groups in total. The van der Waals surface area contributed by atoms with E-state index in [1.807, 2.05) is 4.90 Å². The fourth-order valence-electron chi connectivity index (χ4n) is 4.82. The first-order valence-electron chi connectivity index (χ1n) is 9.90. The van der Waals surface area contributed by atoms with Gasteiger partial charge in [0.15, 0.2) is 0 Å². The number of rotatable bonds is 5. The van der Waals surface area contributed by atoms with Crippen LogP contribution in [0.15, 0.2) is 40.6 Å². The summed E-state index contributed by atoms with van der Waals surface area (Å²) in [7, 11) is 1.61. The second kappa shape index (κ2) is 8.06. The Balaban J connectivity index is 1.55. The normalized spacial score (nSPS) is 26.0. The number of urea groups is 1. The predicted molar refractivity (Wildman–Crippen MR) is 117 cm³/mol. The monoisotopic (exact) mass is 428 g/mol. The SMILES string of the molecule is CN=CN=C(N)c1cc(NC(=O)N2[C@@H]3C[C@@H](C)C[C@@]2(Cn2nccn2)C3)ccc1Cl. The number of fused-ring (bicyclic) bond motifs is 2. The van der Waals surface area contributed by atoms with E-state index in [1.165, 1.54) is 6.34 Å². The minimum atomic E-state index is -0.265. The number of nitrogens with one attached hydrogen (secondary N) is 1. The smallest absolute Gasteiger partial charge is 0.322 e. The van der Waals surface area contributed by atoms with Crippen molar-refractivity contribution >= 4 is 35.5 Å². The van der Waals surface area contributed by atoms with Crippen LogP contribution in [-0.2, 0) is 6.54 Å². The van der Waals surface area contributed by atoms with Gasteiger partial charge in [-0.05, 0) is 43.4 Å². The van der Waals surface area contributed by atoms with Crippen LogP contribution in [0, 0.1) is 5.92 Å². The van der Waals surface area contributed by atoms with Gasteiger partial charge in [0.1, 0.15) is 12.2 Å². The van der Waals surface area contributed by atoms with Crippen molar-refractivity contribution in [1.82, 2.24) is 19.9 Å². The van der Waals surface area contributed by atoms with Crippen LogP contribution in [0.3, 0.4) is 0 Å². The Hall–Kier alpha value is -2.94.